The summed E-state index contributed by atoms with van der Waals surface area (Å²) in [6.45, 7) is 8.90. The molecule has 1 atom stereocenters. The van der Waals surface area contributed by atoms with E-state index in [4.69, 9.17) is 16.3 Å². The van der Waals surface area contributed by atoms with Gasteiger partial charge in [0.2, 0.25) is 0 Å². The van der Waals surface area contributed by atoms with Crippen molar-refractivity contribution < 1.29 is 9.53 Å². The summed E-state index contributed by atoms with van der Waals surface area (Å²) >= 11 is 6.16. The van der Waals surface area contributed by atoms with Gasteiger partial charge in [-0.1, -0.05) is 87.0 Å². The van der Waals surface area contributed by atoms with Crippen LogP contribution >= 0.6 is 11.6 Å². The largest absolute Gasteiger partial charge is 0.488 e. The van der Waals surface area contributed by atoms with Crippen molar-refractivity contribution in [1.82, 2.24) is 5.32 Å². The number of carbonyl (C=O) groups is 1. The number of nitrogens with one attached hydrogen (secondary N) is 1. The fourth-order valence-electron chi connectivity index (χ4n) is 3.17. The third kappa shape index (κ3) is 5.64. The van der Waals surface area contributed by atoms with E-state index in [1.807, 2.05) is 37.3 Å². The lowest BCUT2D eigenvalue weighted by Crippen LogP contribution is -2.27. The van der Waals surface area contributed by atoms with Gasteiger partial charge in [-0.05, 0) is 47.2 Å². The van der Waals surface area contributed by atoms with E-state index >= 15 is 0 Å². The minimum atomic E-state index is -0.215. The molecule has 156 valence electrons. The number of halogens is 1. The number of amides is 1. The van der Waals surface area contributed by atoms with Crippen LogP contribution in [0, 0.1) is 0 Å². The van der Waals surface area contributed by atoms with Gasteiger partial charge in [-0.15, -0.1) is 0 Å². The number of rotatable bonds is 6. The Labute approximate surface area is 184 Å². The molecule has 3 rings (SSSR count). The summed E-state index contributed by atoms with van der Waals surface area (Å²) in [5, 5.41) is 3.55. The number of carbonyl (C=O) groups excluding carboxylic acids is 1. The number of benzene rings is 3. The lowest BCUT2D eigenvalue weighted by atomic mass is 9.86. The highest BCUT2D eigenvalue weighted by Gasteiger charge is 2.18. The first-order chi connectivity index (χ1) is 14.2. The normalized spacial score (nSPS) is 12.3. The first kappa shape index (κ1) is 21.9. The molecule has 0 aliphatic carbocycles. The summed E-state index contributed by atoms with van der Waals surface area (Å²) in [5.74, 6) is 0.295. The molecule has 3 aromatic rings. The van der Waals surface area contributed by atoms with Gasteiger partial charge in [0.25, 0.3) is 5.91 Å². The van der Waals surface area contributed by atoms with Crippen LogP contribution in [0.4, 0.5) is 0 Å². The quantitative estimate of drug-likeness (QED) is 0.480. The highest BCUT2D eigenvalue weighted by molar-refractivity contribution is 6.31. The van der Waals surface area contributed by atoms with Crippen molar-refractivity contribution >= 4 is 17.5 Å². The lowest BCUT2D eigenvalue weighted by Gasteiger charge is -2.21. The zero-order chi connectivity index (χ0) is 21.7. The maximum atomic E-state index is 13.0. The van der Waals surface area contributed by atoms with Gasteiger partial charge in [0.05, 0.1) is 11.6 Å². The van der Waals surface area contributed by atoms with Crippen LogP contribution in [0.25, 0.3) is 0 Å². The Morgan fingerprint density at radius 3 is 2.30 bits per heavy atom. The molecular formula is C26H28ClNO2. The topological polar surface area (TPSA) is 38.3 Å². The van der Waals surface area contributed by atoms with E-state index in [2.05, 4.69) is 50.4 Å². The van der Waals surface area contributed by atoms with Crippen molar-refractivity contribution in [1.29, 1.82) is 0 Å². The van der Waals surface area contributed by atoms with E-state index in [1.165, 1.54) is 5.56 Å². The highest BCUT2D eigenvalue weighted by atomic mass is 35.5. The molecule has 0 fully saturated rings. The van der Waals surface area contributed by atoms with Crippen LogP contribution in [0.1, 0.15) is 60.8 Å². The van der Waals surface area contributed by atoms with Gasteiger partial charge in [-0.2, -0.15) is 0 Å². The molecule has 0 bridgehead atoms. The van der Waals surface area contributed by atoms with Crippen molar-refractivity contribution in [3.05, 3.63) is 100 Å². The average molecular weight is 422 g/mol. The van der Waals surface area contributed by atoms with Crippen LogP contribution < -0.4 is 10.1 Å². The summed E-state index contributed by atoms with van der Waals surface area (Å²) in [4.78, 5) is 13.0. The summed E-state index contributed by atoms with van der Waals surface area (Å²) < 4.78 is 5.92. The molecule has 1 unspecified atom stereocenters. The predicted octanol–water partition coefficient (Wildman–Crippen LogP) is 6.71. The molecule has 0 saturated carbocycles. The van der Waals surface area contributed by atoms with Crippen LogP contribution in [-0.4, -0.2) is 5.91 Å². The zero-order valence-electron chi connectivity index (χ0n) is 17.9. The fourth-order valence-corrected chi connectivity index (χ4v) is 3.34. The van der Waals surface area contributed by atoms with Crippen LogP contribution in [0.2, 0.25) is 5.02 Å². The predicted molar refractivity (Wildman–Crippen MR) is 123 cm³/mol. The van der Waals surface area contributed by atoms with Crippen molar-refractivity contribution in [2.24, 2.45) is 0 Å². The second-order valence-electron chi connectivity index (χ2n) is 8.48. The first-order valence-corrected chi connectivity index (χ1v) is 10.5. The third-order valence-corrected chi connectivity index (χ3v) is 5.28. The summed E-state index contributed by atoms with van der Waals surface area (Å²) in [6, 6.07) is 23.2. The summed E-state index contributed by atoms with van der Waals surface area (Å²) in [5.41, 5.74) is 3.86. The third-order valence-electron chi connectivity index (χ3n) is 5.05. The van der Waals surface area contributed by atoms with Crippen LogP contribution in [0.15, 0.2) is 72.8 Å². The Kier molecular flexibility index (Phi) is 6.84. The molecule has 0 heterocycles. The van der Waals surface area contributed by atoms with E-state index in [9.17, 15) is 4.79 Å². The molecule has 1 amide bonds. The Hall–Kier alpha value is -2.78. The van der Waals surface area contributed by atoms with Crippen LogP contribution in [0.5, 0.6) is 5.75 Å². The second-order valence-corrected chi connectivity index (χ2v) is 8.92. The number of hydrogen-bond acceptors (Lipinski definition) is 2. The molecule has 0 aliphatic rings. The van der Waals surface area contributed by atoms with Gasteiger partial charge < -0.3 is 10.1 Å². The molecule has 0 radical (unpaired) electrons. The first-order valence-electron chi connectivity index (χ1n) is 10.1. The summed E-state index contributed by atoms with van der Waals surface area (Å²) in [6.07, 6.45) is 0. The molecule has 3 nitrogen and oxygen atoms in total. The number of ether oxygens (including phenoxy) is 1. The highest BCUT2D eigenvalue weighted by Crippen LogP contribution is 2.26. The average Bonchev–Trinajstić information content (AvgIpc) is 2.73. The van der Waals surface area contributed by atoms with Crippen LogP contribution in [0.3, 0.4) is 0 Å². The van der Waals surface area contributed by atoms with Gasteiger partial charge in [0.1, 0.15) is 12.4 Å². The smallest absolute Gasteiger partial charge is 0.255 e. The van der Waals surface area contributed by atoms with E-state index in [0.717, 1.165) is 11.1 Å². The van der Waals surface area contributed by atoms with E-state index < -0.39 is 0 Å². The monoisotopic (exact) mass is 421 g/mol. The molecule has 0 aromatic heterocycles. The Morgan fingerprint density at radius 1 is 1.00 bits per heavy atom. The standard InChI is InChI=1S/C26H28ClNO2/c1-18(20-10-12-21(13-11-20)26(2,3)4)28-25(29)23-16-22(27)14-15-24(23)30-17-19-8-6-5-7-9-19/h5-16,18H,17H2,1-4H3,(H,28,29). The van der Waals surface area contributed by atoms with Gasteiger partial charge in [-0.25, -0.2) is 0 Å². The van der Waals surface area contributed by atoms with Crippen molar-refractivity contribution in [3.8, 4) is 5.75 Å². The molecule has 0 saturated heterocycles. The minimum Gasteiger partial charge on any atom is -0.488 e. The van der Waals surface area contributed by atoms with Gasteiger partial charge in [0, 0.05) is 5.02 Å². The molecule has 30 heavy (non-hydrogen) atoms. The van der Waals surface area contributed by atoms with Gasteiger partial charge >= 0.3 is 0 Å². The Balaban J connectivity index is 1.73. The van der Waals surface area contributed by atoms with E-state index in [-0.39, 0.29) is 17.4 Å². The van der Waals surface area contributed by atoms with Crippen LogP contribution in [-0.2, 0) is 12.0 Å². The zero-order valence-corrected chi connectivity index (χ0v) is 18.7. The molecule has 0 spiro atoms. The van der Waals surface area contributed by atoms with Gasteiger partial charge in [-0.3, -0.25) is 4.79 Å². The van der Waals surface area contributed by atoms with Crippen molar-refractivity contribution in [2.75, 3.05) is 0 Å². The Bertz CT molecular complexity index is 992. The van der Waals surface area contributed by atoms with E-state index in [0.29, 0.717) is 22.9 Å². The van der Waals surface area contributed by atoms with E-state index in [1.54, 1.807) is 18.2 Å². The summed E-state index contributed by atoms with van der Waals surface area (Å²) in [7, 11) is 0. The molecule has 4 heteroatoms. The molecule has 3 aromatic carbocycles. The minimum absolute atomic E-state index is 0.0940. The second kappa shape index (κ2) is 9.36. The lowest BCUT2D eigenvalue weighted by molar-refractivity contribution is 0.0935. The van der Waals surface area contributed by atoms with Crippen molar-refractivity contribution in [2.45, 2.75) is 45.8 Å². The van der Waals surface area contributed by atoms with Crippen molar-refractivity contribution in [3.63, 3.8) is 0 Å². The maximum absolute atomic E-state index is 13.0. The maximum Gasteiger partial charge on any atom is 0.255 e. The number of hydrogen-bond donors (Lipinski definition) is 1. The molecule has 1 N–H and O–H groups in total. The van der Waals surface area contributed by atoms with Gasteiger partial charge in [0.15, 0.2) is 0 Å². The molecule has 0 aliphatic heterocycles. The Morgan fingerprint density at radius 2 is 1.67 bits per heavy atom. The fraction of sp³-hybridized carbons (Fsp3) is 0.269. The molecular weight excluding hydrogens is 394 g/mol. The SMILES string of the molecule is CC(NC(=O)c1cc(Cl)ccc1OCc1ccccc1)c1ccc(C(C)(C)C)cc1.